The van der Waals surface area contributed by atoms with Gasteiger partial charge in [0, 0.05) is 11.0 Å². The van der Waals surface area contributed by atoms with Gasteiger partial charge in [0.2, 0.25) is 0 Å². The Kier molecular flexibility index (Phi) is 1.11. The van der Waals surface area contributed by atoms with Crippen LogP contribution in [-0.2, 0) is 0 Å². The van der Waals surface area contributed by atoms with E-state index in [0.29, 0.717) is 5.41 Å². The number of hydrogen-bond donors (Lipinski definition) is 0. The van der Waals surface area contributed by atoms with E-state index in [-0.39, 0.29) is 0 Å². The zero-order valence-corrected chi connectivity index (χ0v) is 6.01. The van der Waals surface area contributed by atoms with Crippen molar-refractivity contribution in [1.82, 2.24) is 0 Å². The Hall–Kier alpha value is 0.350. The lowest BCUT2D eigenvalue weighted by Gasteiger charge is -2.13. The molecule has 0 saturated carbocycles. The summed E-state index contributed by atoms with van der Waals surface area (Å²) in [4.78, 5) is 0. The Balaban J connectivity index is 2.36. The fourth-order valence-electron chi connectivity index (χ4n) is 0.548. The van der Waals surface area contributed by atoms with Crippen molar-refractivity contribution in [3.8, 4) is 0 Å². The summed E-state index contributed by atoms with van der Waals surface area (Å²) < 4.78 is 0. The monoisotopic (exact) mass is 116 g/mol. The molecular weight excluding hydrogens is 104 g/mol. The molecule has 1 atom stereocenters. The Morgan fingerprint density at radius 1 is 1.43 bits per heavy atom. The fraction of sp³-hybridized carbons (Fsp3) is 1.00. The highest BCUT2D eigenvalue weighted by molar-refractivity contribution is 8.06. The standard InChI is InChI=1S/C6H12S/c1-6(2,3)5-4-7-5/h5H,4H2,1-3H3. The van der Waals surface area contributed by atoms with Crippen LogP contribution in [0.25, 0.3) is 0 Å². The second-order valence-corrected chi connectivity index (χ2v) is 4.42. The zero-order chi connectivity index (χ0) is 5.49. The minimum absolute atomic E-state index is 0.574. The molecule has 1 saturated heterocycles. The van der Waals surface area contributed by atoms with Gasteiger partial charge in [-0.2, -0.15) is 11.8 Å². The van der Waals surface area contributed by atoms with Gasteiger partial charge in [0.15, 0.2) is 0 Å². The van der Waals surface area contributed by atoms with Crippen LogP contribution in [0.5, 0.6) is 0 Å². The Bertz CT molecular complexity index is 66.7. The molecule has 0 amide bonds. The van der Waals surface area contributed by atoms with Gasteiger partial charge in [-0.15, -0.1) is 0 Å². The highest BCUT2D eigenvalue weighted by atomic mass is 32.2. The van der Waals surface area contributed by atoms with Crippen LogP contribution in [0.15, 0.2) is 0 Å². The summed E-state index contributed by atoms with van der Waals surface area (Å²) in [6.45, 7) is 6.91. The van der Waals surface area contributed by atoms with Gasteiger partial charge in [-0.05, 0) is 5.41 Å². The average Bonchev–Trinajstić information content (AvgIpc) is 1.99. The summed E-state index contributed by atoms with van der Waals surface area (Å²) >= 11 is 2.08. The van der Waals surface area contributed by atoms with E-state index in [9.17, 15) is 0 Å². The summed E-state index contributed by atoms with van der Waals surface area (Å²) in [5, 5.41) is 0.965. The topological polar surface area (TPSA) is 0 Å². The number of rotatable bonds is 0. The molecule has 1 heterocycles. The van der Waals surface area contributed by atoms with Crippen molar-refractivity contribution < 1.29 is 0 Å². The lowest BCUT2D eigenvalue weighted by Crippen LogP contribution is -2.11. The molecule has 0 aromatic rings. The average molecular weight is 116 g/mol. The zero-order valence-electron chi connectivity index (χ0n) is 5.19. The molecule has 1 unspecified atom stereocenters. The first-order valence-corrected chi connectivity index (χ1v) is 3.77. The highest BCUT2D eigenvalue weighted by Crippen LogP contribution is 2.43. The molecule has 7 heavy (non-hydrogen) atoms. The molecule has 0 aromatic carbocycles. The summed E-state index contributed by atoms with van der Waals surface area (Å²) in [6, 6.07) is 0. The Morgan fingerprint density at radius 3 is 1.86 bits per heavy atom. The third-order valence-electron chi connectivity index (χ3n) is 1.30. The molecule has 1 heteroatoms. The van der Waals surface area contributed by atoms with Crippen LogP contribution in [0.2, 0.25) is 0 Å². The third-order valence-corrected chi connectivity index (χ3v) is 2.67. The van der Waals surface area contributed by atoms with Crippen LogP contribution in [0.4, 0.5) is 0 Å². The van der Waals surface area contributed by atoms with Crippen LogP contribution in [0.1, 0.15) is 20.8 Å². The van der Waals surface area contributed by atoms with Gasteiger partial charge in [-0.1, -0.05) is 20.8 Å². The quantitative estimate of drug-likeness (QED) is 0.437. The summed E-state index contributed by atoms with van der Waals surface area (Å²) in [6.07, 6.45) is 0. The van der Waals surface area contributed by atoms with Crippen LogP contribution < -0.4 is 0 Å². The van der Waals surface area contributed by atoms with Crippen LogP contribution in [0, 0.1) is 5.41 Å². The van der Waals surface area contributed by atoms with E-state index < -0.39 is 0 Å². The van der Waals surface area contributed by atoms with Gasteiger partial charge in [-0.25, -0.2) is 0 Å². The van der Waals surface area contributed by atoms with Gasteiger partial charge in [0.05, 0.1) is 0 Å². The van der Waals surface area contributed by atoms with Gasteiger partial charge in [0.1, 0.15) is 0 Å². The molecule has 1 fully saturated rings. The van der Waals surface area contributed by atoms with Crippen molar-refractivity contribution in [3.63, 3.8) is 0 Å². The molecule has 0 nitrogen and oxygen atoms in total. The van der Waals surface area contributed by atoms with Crippen molar-refractivity contribution in [2.24, 2.45) is 5.41 Å². The van der Waals surface area contributed by atoms with Crippen molar-refractivity contribution >= 4 is 11.8 Å². The minimum Gasteiger partial charge on any atom is -0.156 e. The normalized spacial score (nSPS) is 30.4. The maximum Gasteiger partial charge on any atom is 0.0187 e. The molecule has 0 aliphatic carbocycles. The lowest BCUT2D eigenvalue weighted by molar-refractivity contribution is 0.435. The fourth-order valence-corrected chi connectivity index (χ4v) is 1.64. The van der Waals surface area contributed by atoms with E-state index >= 15 is 0 Å². The smallest absolute Gasteiger partial charge is 0.0187 e. The summed E-state index contributed by atoms with van der Waals surface area (Å²) in [5.74, 6) is 1.39. The SMILES string of the molecule is CC(C)(C)C1CS1. The maximum absolute atomic E-state index is 2.30. The van der Waals surface area contributed by atoms with Crippen molar-refractivity contribution in [2.45, 2.75) is 26.0 Å². The van der Waals surface area contributed by atoms with Gasteiger partial charge < -0.3 is 0 Å². The first-order chi connectivity index (χ1) is 3.11. The predicted octanol–water partition coefficient (Wildman–Crippen LogP) is 2.15. The molecule has 0 N–H and O–H groups in total. The predicted molar refractivity (Wildman–Crippen MR) is 35.7 cm³/mol. The second kappa shape index (κ2) is 1.41. The molecule has 42 valence electrons. The lowest BCUT2D eigenvalue weighted by atomic mass is 9.94. The van der Waals surface area contributed by atoms with Gasteiger partial charge in [0.25, 0.3) is 0 Å². The van der Waals surface area contributed by atoms with E-state index in [1.807, 2.05) is 0 Å². The van der Waals surface area contributed by atoms with Crippen molar-refractivity contribution in [2.75, 3.05) is 5.75 Å². The summed E-state index contributed by atoms with van der Waals surface area (Å²) in [7, 11) is 0. The molecular formula is C6H12S. The van der Waals surface area contributed by atoms with Crippen LogP contribution >= 0.6 is 11.8 Å². The Morgan fingerprint density at radius 2 is 1.86 bits per heavy atom. The first-order valence-electron chi connectivity index (χ1n) is 2.72. The molecule has 0 bridgehead atoms. The van der Waals surface area contributed by atoms with E-state index in [4.69, 9.17) is 0 Å². The molecule has 0 radical (unpaired) electrons. The van der Waals surface area contributed by atoms with Crippen LogP contribution in [0.3, 0.4) is 0 Å². The van der Waals surface area contributed by atoms with E-state index in [2.05, 4.69) is 32.5 Å². The third kappa shape index (κ3) is 1.37. The van der Waals surface area contributed by atoms with Gasteiger partial charge in [-0.3, -0.25) is 0 Å². The maximum atomic E-state index is 2.30. The first kappa shape index (κ1) is 5.49. The molecule has 1 rings (SSSR count). The number of thioether (sulfide) groups is 1. The molecule has 1 aliphatic heterocycles. The van der Waals surface area contributed by atoms with E-state index in [0.717, 1.165) is 5.25 Å². The molecule has 1 aliphatic rings. The van der Waals surface area contributed by atoms with Crippen molar-refractivity contribution in [3.05, 3.63) is 0 Å². The summed E-state index contributed by atoms with van der Waals surface area (Å²) in [5.41, 5.74) is 0.574. The van der Waals surface area contributed by atoms with Crippen LogP contribution in [-0.4, -0.2) is 11.0 Å². The van der Waals surface area contributed by atoms with Crippen molar-refractivity contribution in [1.29, 1.82) is 0 Å². The minimum atomic E-state index is 0.574. The largest absolute Gasteiger partial charge is 0.156 e. The van der Waals surface area contributed by atoms with E-state index in [1.165, 1.54) is 5.75 Å². The Labute approximate surface area is 49.7 Å². The molecule has 0 aromatic heterocycles. The number of hydrogen-bond acceptors (Lipinski definition) is 1. The van der Waals surface area contributed by atoms with Gasteiger partial charge >= 0.3 is 0 Å². The van der Waals surface area contributed by atoms with E-state index in [1.54, 1.807) is 0 Å². The molecule has 0 spiro atoms. The second-order valence-electron chi connectivity index (χ2n) is 3.19. The highest BCUT2D eigenvalue weighted by Gasteiger charge is 2.34.